The Hall–Kier alpha value is -2.12. The molecule has 1 aromatic carbocycles. The summed E-state index contributed by atoms with van der Waals surface area (Å²) in [5.74, 6) is 0.727. The van der Waals surface area contributed by atoms with Crippen LogP contribution in [0.15, 0.2) is 29.3 Å². The van der Waals surface area contributed by atoms with Crippen LogP contribution in [-0.4, -0.2) is 69.9 Å². The Kier molecular flexibility index (Phi) is 9.65. The van der Waals surface area contributed by atoms with Crippen molar-refractivity contribution < 1.29 is 14.3 Å². The zero-order valence-electron chi connectivity index (χ0n) is 16.5. The molecule has 7 nitrogen and oxygen atoms in total. The number of carbonyl (C=O) groups excluding carboxylic acids is 1. The third-order valence-electron chi connectivity index (χ3n) is 4.39. The maximum atomic E-state index is 12.5. The van der Waals surface area contributed by atoms with E-state index in [1.54, 1.807) is 7.11 Å². The predicted molar refractivity (Wildman–Crippen MR) is 107 cm³/mol. The van der Waals surface area contributed by atoms with E-state index in [-0.39, 0.29) is 12.5 Å². The minimum absolute atomic E-state index is 0.0598. The lowest BCUT2D eigenvalue weighted by Gasteiger charge is -2.28. The van der Waals surface area contributed by atoms with E-state index in [1.165, 1.54) is 11.1 Å². The van der Waals surface area contributed by atoms with Gasteiger partial charge in [-0.3, -0.25) is 4.79 Å². The van der Waals surface area contributed by atoms with Gasteiger partial charge in [0.15, 0.2) is 5.96 Å². The second-order valence-corrected chi connectivity index (χ2v) is 6.41. The van der Waals surface area contributed by atoms with Gasteiger partial charge in [0.05, 0.1) is 13.2 Å². The second-order valence-electron chi connectivity index (χ2n) is 6.41. The monoisotopic (exact) mass is 376 g/mol. The lowest BCUT2D eigenvalue weighted by Crippen LogP contribution is -2.41. The molecule has 27 heavy (non-hydrogen) atoms. The number of guanidine groups is 1. The topological polar surface area (TPSA) is 75.2 Å². The highest BCUT2D eigenvalue weighted by atomic mass is 16.5. The third-order valence-corrected chi connectivity index (χ3v) is 4.39. The Balaban J connectivity index is 1.74. The standard InChI is InChI=1S/C20H32N4O3/c1-3-21-20(22-10-6-12-27-14-13-26-2)23-15-19(25)24-11-9-17-7-4-5-8-18(17)16-24/h4-5,7-8H,3,6,9-16H2,1-2H3,(H2,21,22,23). The molecule has 2 rings (SSSR count). The van der Waals surface area contributed by atoms with Crippen molar-refractivity contribution in [3.05, 3.63) is 35.4 Å². The average Bonchev–Trinajstić information content (AvgIpc) is 2.70. The Labute approximate surface area is 162 Å². The van der Waals surface area contributed by atoms with Gasteiger partial charge in [-0.25, -0.2) is 4.99 Å². The minimum Gasteiger partial charge on any atom is -0.382 e. The fourth-order valence-corrected chi connectivity index (χ4v) is 2.92. The molecule has 1 aromatic rings. The first-order valence-corrected chi connectivity index (χ1v) is 9.68. The van der Waals surface area contributed by atoms with Gasteiger partial charge in [0.1, 0.15) is 6.54 Å². The minimum atomic E-state index is 0.0598. The summed E-state index contributed by atoms with van der Waals surface area (Å²) < 4.78 is 10.4. The molecule has 0 atom stereocenters. The first-order chi connectivity index (χ1) is 13.2. The first kappa shape index (κ1) is 21.2. The highest BCUT2D eigenvalue weighted by Crippen LogP contribution is 2.18. The molecule has 0 aromatic heterocycles. The Morgan fingerprint density at radius 1 is 1.19 bits per heavy atom. The van der Waals surface area contributed by atoms with Gasteiger partial charge in [-0.15, -0.1) is 0 Å². The molecule has 0 aliphatic carbocycles. The van der Waals surface area contributed by atoms with Crippen LogP contribution in [0.3, 0.4) is 0 Å². The van der Waals surface area contributed by atoms with Crippen molar-refractivity contribution in [2.45, 2.75) is 26.3 Å². The second kappa shape index (κ2) is 12.3. The molecule has 7 heteroatoms. The molecule has 0 spiro atoms. The number of ether oxygens (including phenoxy) is 2. The lowest BCUT2D eigenvalue weighted by atomic mass is 10.00. The summed E-state index contributed by atoms with van der Waals surface area (Å²) in [4.78, 5) is 18.8. The molecule has 1 aliphatic heterocycles. The van der Waals surface area contributed by atoms with Crippen molar-refractivity contribution >= 4 is 11.9 Å². The number of carbonyl (C=O) groups is 1. The summed E-state index contributed by atoms with van der Waals surface area (Å²) >= 11 is 0. The molecule has 1 amide bonds. The van der Waals surface area contributed by atoms with Crippen molar-refractivity contribution in [2.24, 2.45) is 4.99 Å². The SMILES string of the molecule is CCNC(=NCC(=O)N1CCc2ccccc2C1)NCCCOCCOC. The molecule has 0 bridgehead atoms. The first-order valence-electron chi connectivity index (χ1n) is 9.68. The van der Waals surface area contributed by atoms with E-state index in [2.05, 4.69) is 33.8 Å². The van der Waals surface area contributed by atoms with E-state index in [1.807, 2.05) is 17.9 Å². The van der Waals surface area contributed by atoms with Gasteiger partial charge in [-0.1, -0.05) is 24.3 Å². The van der Waals surface area contributed by atoms with Crippen LogP contribution in [0.5, 0.6) is 0 Å². The zero-order valence-corrected chi connectivity index (χ0v) is 16.5. The fraction of sp³-hybridized carbons (Fsp3) is 0.600. The molecular weight excluding hydrogens is 344 g/mol. The van der Waals surface area contributed by atoms with Gasteiger partial charge < -0.3 is 25.0 Å². The van der Waals surface area contributed by atoms with E-state index in [0.29, 0.717) is 32.3 Å². The highest BCUT2D eigenvalue weighted by Gasteiger charge is 2.19. The summed E-state index contributed by atoms with van der Waals surface area (Å²) in [6.07, 6.45) is 1.78. The van der Waals surface area contributed by atoms with Crippen molar-refractivity contribution in [3.63, 3.8) is 0 Å². The molecule has 1 aliphatic rings. The van der Waals surface area contributed by atoms with Gasteiger partial charge in [0, 0.05) is 39.9 Å². The van der Waals surface area contributed by atoms with E-state index < -0.39 is 0 Å². The number of amides is 1. The molecule has 0 unspecified atom stereocenters. The van der Waals surface area contributed by atoms with Gasteiger partial charge in [0.25, 0.3) is 0 Å². The summed E-state index contributed by atoms with van der Waals surface area (Å²) in [5.41, 5.74) is 2.58. The smallest absolute Gasteiger partial charge is 0.244 e. The Morgan fingerprint density at radius 2 is 2.00 bits per heavy atom. The number of nitrogens with one attached hydrogen (secondary N) is 2. The Morgan fingerprint density at radius 3 is 2.78 bits per heavy atom. The molecule has 0 radical (unpaired) electrons. The normalized spacial score (nSPS) is 14.0. The number of nitrogens with zero attached hydrogens (tertiary/aromatic N) is 2. The van der Waals surface area contributed by atoms with Gasteiger partial charge >= 0.3 is 0 Å². The van der Waals surface area contributed by atoms with Crippen LogP contribution in [0.25, 0.3) is 0 Å². The number of hydrogen-bond acceptors (Lipinski definition) is 4. The molecule has 2 N–H and O–H groups in total. The average molecular weight is 377 g/mol. The largest absolute Gasteiger partial charge is 0.382 e. The fourth-order valence-electron chi connectivity index (χ4n) is 2.92. The zero-order chi connectivity index (χ0) is 19.3. The maximum absolute atomic E-state index is 12.5. The molecular formula is C20H32N4O3. The molecule has 0 saturated heterocycles. The van der Waals surface area contributed by atoms with E-state index in [9.17, 15) is 4.79 Å². The predicted octanol–water partition coefficient (Wildman–Crippen LogP) is 1.18. The van der Waals surface area contributed by atoms with Crippen molar-refractivity contribution in [2.75, 3.05) is 53.1 Å². The van der Waals surface area contributed by atoms with E-state index in [4.69, 9.17) is 9.47 Å². The maximum Gasteiger partial charge on any atom is 0.244 e. The quantitative estimate of drug-likeness (QED) is 0.364. The van der Waals surface area contributed by atoms with Gasteiger partial charge in [-0.05, 0) is 30.9 Å². The van der Waals surface area contributed by atoms with Crippen LogP contribution >= 0.6 is 0 Å². The molecule has 0 fully saturated rings. The lowest BCUT2D eigenvalue weighted by molar-refractivity contribution is -0.130. The van der Waals surface area contributed by atoms with Crippen LogP contribution < -0.4 is 10.6 Å². The molecule has 0 saturated carbocycles. The van der Waals surface area contributed by atoms with Gasteiger partial charge in [0.2, 0.25) is 5.91 Å². The molecule has 150 valence electrons. The third kappa shape index (κ3) is 7.56. The van der Waals surface area contributed by atoms with Crippen molar-refractivity contribution in [1.29, 1.82) is 0 Å². The van der Waals surface area contributed by atoms with Crippen LogP contribution in [-0.2, 0) is 27.2 Å². The van der Waals surface area contributed by atoms with Crippen molar-refractivity contribution in [1.82, 2.24) is 15.5 Å². The number of rotatable bonds is 10. The summed E-state index contributed by atoms with van der Waals surface area (Å²) in [6, 6.07) is 8.31. The molecule has 1 heterocycles. The highest BCUT2D eigenvalue weighted by molar-refractivity contribution is 5.85. The summed E-state index contributed by atoms with van der Waals surface area (Å²) in [7, 11) is 1.66. The summed E-state index contributed by atoms with van der Waals surface area (Å²) in [5, 5.41) is 6.42. The van der Waals surface area contributed by atoms with Crippen LogP contribution in [0.2, 0.25) is 0 Å². The van der Waals surface area contributed by atoms with E-state index >= 15 is 0 Å². The van der Waals surface area contributed by atoms with Crippen molar-refractivity contribution in [3.8, 4) is 0 Å². The number of hydrogen-bond donors (Lipinski definition) is 2. The number of benzene rings is 1. The van der Waals surface area contributed by atoms with E-state index in [0.717, 1.165) is 32.5 Å². The van der Waals surface area contributed by atoms with Crippen LogP contribution in [0, 0.1) is 0 Å². The van der Waals surface area contributed by atoms with Crippen LogP contribution in [0.4, 0.5) is 0 Å². The number of aliphatic imine (C=N–C) groups is 1. The summed E-state index contributed by atoms with van der Waals surface area (Å²) in [6.45, 7) is 6.98. The Bertz CT molecular complexity index is 607. The van der Waals surface area contributed by atoms with Gasteiger partial charge in [-0.2, -0.15) is 0 Å². The van der Waals surface area contributed by atoms with Crippen LogP contribution in [0.1, 0.15) is 24.5 Å². The number of methoxy groups -OCH3 is 1. The number of fused-ring (bicyclic) bond motifs is 1.